The van der Waals surface area contributed by atoms with Gasteiger partial charge in [0.25, 0.3) is 10.1 Å². The lowest BCUT2D eigenvalue weighted by molar-refractivity contribution is -0.121. The van der Waals surface area contributed by atoms with Gasteiger partial charge in [-0.05, 0) is 24.2 Å². The molecule has 2 saturated carbocycles. The second-order valence-corrected chi connectivity index (χ2v) is 7.04. The van der Waals surface area contributed by atoms with E-state index in [0.29, 0.717) is 18.3 Å². The number of allylic oxidation sites excluding steroid dienone is 4. The summed E-state index contributed by atoms with van der Waals surface area (Å²) in [5.41, 5.74) is 0. The number of rotatable bonds is 2. The zero-order valence-electron chi connectivity index (χ0n) is 10.2. The lowest BCUT2D eigenvalue weighted by Crippen LogP contribution is -2.23. The van der Waals surface area contributed by atoms with Crippen LogP contribution in [-0.4, -0.2) is 26.6 Å². The first-order valence-corrected chi connectivity index (χ1v) is 8.03. The van der Waals surface area contributed by atoms with E-state index in [9.17, 15) is 13.2 Å². The van der Waals surface area contributed by atoms with Gasteiger partial charge in [0.1, 0.15) is 5.78 Å². The SMILES string of the molecule is CS(=O)(=O)OC1CC(=O)C2C3C=CC=CC(C1)C32. The predicted octanol–water partition coefficient (Wildman–Crippen LogP) is 1.30. The van der Waals surface area contributed by atoms with Gasteiger partial charge in [-0.2, -0.15) is 8.42 Å². The van der Waals surface area contributed by atoms with Gasteiger partial charge in [-0.25, -0.2) is 0 Å². The average Bonchev–Trinajstić information content (AvgIpc) is 2.93. The molecule has 0 aromatic heterocycles. The Morgan fingerprint density at radius 3 is 2.72 bits per heavy atom. The van der Waals surface area contributed by atoms with Crippen LogP contribution >= 0.6 is 0 Å². The Hall–Kier alpha value is -0.940. The average molecular weight is 268 g/mol. The van der Waals surface area contributed by atoms with Gasteiger partial charge >= 0.3 is 0 Å². The highest BCUT2D eigenvalue weighted by atomic mass is 32.2. The third-order valence-electron chi connectivity index (χ3n) is 4.08. The van der Waals surface area contributed by atoms with Gasteiger partial charge in [0.2, 0.25) is 0 Å². The van der Waals surface area contributed by atoms with Crippen molar-refractivity contribution in [1.82, 2.24) is 0 Å². The molecule has 3 aliphatic rings. The van der Waals surface area contributed by atoms with Gasteiger partial charge in [-0.1, -0.05) is 24.3 Å². The van der Waals surface area contributed by atoms with Crippen molar-refractivity contribution in [2.75, 3.05) is 6.26 Å². The van der Waals surface area contributed by atoms with Crippen molar-refractivity contribution in [1.29, 1.82) is 0 Å². The van der Waals surface area contributed by atoms with Crippen LogP contribution in [0.5, 0.6) is 0 Å². The standard InChI is InChI=1S/C13H16O4S/c1-18(15,16)17-9-6-8-4-2-3-5-10-12(8)13(10)11(14)7-9/h2-5,8-10,12-13H,6-7H2,1H3. The van der Waals surface area contributed by atoms with Crippen LogP contribution in [0.25, 0.3) is 0 Å². The Balaban J connectivity index is 1.82. The molecule has 0 aliphatic heterocycles. The Labute approximate surface area is 107 Å². The van der Waals surface area contributed by atoms with Crippen LogP contribution in [0.15, 0.2) is 24.3 Å². The summed E-state index contributed by atoms with van der Waals surface area (Å²) in [6.45, 7) is 0. The van der Waals surface area contributed by atoms with Crippen molar-refractivity contribution in [2.24, 2.45) is 23.7 Å². The highest BCUT2D eigenvalue weighted by Crippen LogP contribution is 2.57. The first kappa shape index (κ1) is 12.1. The van der Waals surface area contributed by atoms with E-state index >= 15 is 0 Å². The molecular weight excluding hydrogens is 252 g/mol. The molecule has 0 N–H and O–H groups in total. The van der Waals surface area contributed by atoms with Crippen LogP contribution in [0.1, 0.15) is 12.8 Å². The zero-order chi connectivity index (χ0) is 12.9. The van der Waals surface area contributed by atoms with Gasteiger partial charge in [0.05, 0.1) is 12.4 Å². The zero-order valence-corrected chi connectivity index (χ0v) is 11.0. The molecule has 4 nitrogen and oxygen atoms in total. The monoisotopic (exact) mass is 268 g/mol. The molecule has 0 amide bonds. The van der Waals surface area contributed by atoms with Crippen molar-refractivity contribution in [3.63, 3.8) is 0 Å². The number of ketones is 1. The quantitative estimate of drug-likeness (QED) is 0.708. The number of fused-ring (bicyclic) bond motifs is 1. The highest BCUT2D eigenvalue weighted by Gasteiger charge is 2.58. The molecule has 5 heteroatoms. The number of Topliss-reactive ketones (excluding diaryl/α,β-unsaturated/α-hetero) is 1. The van der Waals surface area contributed by atoms with Gasteiger partial charge in [-0.15, -0.1) is 0 Å². The van der Waals surface area contributed by atoms with Crippen LogP contribution < -0.4 is 0 Å². The number of hydrogen-bond acceptors (Lipinski definition) is 4. The molecule has 0 bridgehead atoms. The lowest BCUT2D eigenvalue weighted by Gasteiger charge is -2.18. The van der Waals surface area contributed by atoms with Crippen molar-refractivity contribution < 1.29 is 17.4 Å². The summed E-state index contributed by atoms with van der Waals surface area (Å²) in [5.74, 6) is 1.22. The number of carbonyl (C=O) groups excluding carboxylic acids is 1. The first-order valence-electron chi connectivity index (χ1n) is 6.22. The van der Waals surface area contributed by atoms with E-state index in [1.807, 2.05) is 12.2 Å². The predicted molar refractivity (Wildman–Crippen MR) is 66.2 cm³/mol. The fraction of sp³-hybridized carbons (Fsp3) is 0.615. The van der Waals surface area contributed by atoms with Crippen molar-refractivity contribution in [3.05, 3.63) is 24.3 Å². The van der Waals surface area contributed by atoms with Crippen molar-refractivity contribution >= 4 is 15.9 Å². The van der Waals surface area contributed by atoms with Gasteiger partial charge in [0, 0.05) is 12.3 Å². The van der Waals surface area contributed by atoms with Gasteiger partial charge in [0.15, 0.2) is 0 Å². The van der Waals surface area contributed by atoms with Crippen molar-refractivity contribution in [3.8, 4) is 0 Å². The van der Waals surface area contributed by atoms with Crippen LogP contribution in [0.2, 0.25) is 0 Å². The third-order valence-corrected chi connectivity index (χ3v) is 4.70. The lowest BCUT2D eigenvalue weighted by atomic mass is 9.95. The Morgan fingerprint density at radius 1 is 1.28 bits per heavy atom. The maximum atomic E-state index is 12.1. The molecule has 2 fully saturated rings. The maximum absolute atomic E-state index is 12.1. The summed E-state index contributed by atoms with van der Waals surface area (Å²) in [6, 6.07) is 0. The van der Waals surface area contributed by atoms with E-state index in [2.05, 4.69) is 12.2 Å². The largest absolute Gasteiger partial charge is 0.299 e. The van der Waals surface area contributed by atoms with E-state index < -0.39 is 16.2 Å². The maximum Gasteiger partial charge on any atom is 0.264 e. The molecule has 18 heavy (non-hydrogen) atoms. The minimum Gasteiger partial charge on any atom is -0.299 e. The summed E-state index contributed by atoms with van der Waals surface area (Å²) in [6.07, 6.45) is 9.55. The summed E-state index contributed by atoms with van der Waals surface area (Å²) in [5, 5.41) is 0. The minimum absolute atomic E-state index is 0.0874. The Bertz CT molecular complexity index is 531. The summed E-state index contributed by atoms with van der Waals surface area (Å²) in [4.78, 5) is 12.1. The molecule has 98 valence electrons. The van der Waals surface area contributed by atoms with Gasteiger partial charge in [-0.3, -0.25) is 8.98 Å². The molecule has 0 aromatic carbocycles. The Kier molecular flexibility index (Phi) is 2.71. The summed E-state index contributed by atoms with van der Waals surface area (Å²) in [7, 11) is -3.49. The smallest absolute Gasteiger partial charge is 0.264 e. The second-order valence-electron chi connectivity index (χ2n) is 5.44. The Morgan fingerprint density at radius 2 is 2.00 bits per heavy atom. The molecular formula is C13H16O4S. The highest BCUT2D eigenvalue weighted by molar-refractivity contribution is 7.86. The molecule has 0 spiro atoms. The molecule has 0 radical (unpaired) electrons. The van der Waals surface area contributed by atoms with Crippen LogP contribution in [0.4, 0.5) is 0 Å². The molecule has 5 atom stereocenters. The van der Waals surface area contributed by atoms with Crippen LogP contribution in [0, 0.1) is 23.7 Å². The van der Waals surface area contributed by atoms with Crippen LogP contribution in [0.3, 0.4) is 0 Å². The molecule has 0 heterocycles. The molecule has 0 saturated heterocycles. The van der Waals surface area contributed by atoms with Crippen molar-refractivity contribution in [2.45, 2.75) is 18.9 Å². The molecule has 0 aromatic rings. The van der Waals surface area contributed by atoms with E-state index in [1.165, 1.54) is 0 Å². The molecule has 5 unspecified atom stereocenters. The molecule has 3 aliphatic carbocycles. The second kappa shape index (κ2) is 4.03. The number of hydrogen-bond donors (Lipinski definition) is 0. The van der Waals surface area contributed by atoms with E-state index in [1.54, 1.807) is 0 Å². The van der Waals surface area contributed by atoms with Gasteiger partial charge < -0.3 is 0 Å². The fourth-order valence-corrected chi connectivity index (χ4v) is 4.06. The number of carbonyl (C=O) groups is 1. The fourth-order valence-electron chi connectivity index (χ4n) is 3.42. The summed E-state index contributed by atoms with van der Waals surface area (Å²) >= 11 is 0. The topological polar surface area (TPSA) is 60.4 Å². The van der Waals surface area contributed by atoms with E-state index in [-0.39, 0.29) is 24.0 Å². The third kappa shape index (κ3) is 2.17. The normalized spacial score (nSPS) is 42.1. The molecule has 3 rings (SSSR count). The first-order chi connectivity index (χ1) is 8.46. The summed E-state index contributed by atoms with van der Waals surface area (Å²) < 4.78 is 27.4. The van der Waals surface area contributed by atoms with E-state index in [4.69, 9.17) is 4.18 Å². The van der Waals surface area contributed by atoms with Crippen LogP contribution in [-0.2, 0) is 19.1 Å². The minimum atomic E-state index is -3.49. The van der Waals surface area contributed by atoms with E-state index in [0.717, 1.165) is 6.26 Å².